The fraction of sp³-hybridized carbons (Fsp3) is 0.714. The summed E-state index contributed by atoms with van der Waals surface area (Å²) in [6, 6.07) is 4.11. The molecule has 0 aromatic carbocycles. The summed E-state index contributed by atoms with van der Waals surface area (Å²) in [5.41, 5.74) is 1.05. The van der Waals surface area contributed by atoms with Crippen LogP contribution in [0.15, 0.2) is 12.1 Å². The molecule has 0 radical (unpaired) electrons. The zero-order chi connectivity index (χ0) is 13.7. The van der Waals surface area contributed by atoms with Crippen molar-refractivity contribution in [3.8, 4) is 0 Å². The van der Waals surface area contributed by atoms with Gasteiger partial charge in [0.25, 0.3) is 0 Å². The lowest BCUT2D eigenvalue weighted by atomic mass is 9.96. The fourth-order valence-corrected chi connectivity index (χ4v) is 2.45. The zero-order valence-electron chi connectivity index (χ0n) is 12.1. The van der Waals surface area contributed by atoms with Crippen LogP contribution < -0.4 is 10.6 Å². The van der Waals surface area contributed by atoms with Crippen molar-refractivity contribution < 1.29 is 4.74 Å². The van der Waals surface area contributed by atoms with E-state index in [1.807, 2.05) is 13.1 Å². The maximum atomic E-state index is 5.37. The van der Waals surface area contributed by atoms with Crippen molar-refractivity contribution in [2.75, 3.05) is 32.1 Å². The number of anilines is 1. The van der Waals surface area contributed by atoms with Crippen LogP contribution >= 0.6 is 0 Å². The van der Waals surface area contributed by atoms with E-state index in [1.54, 1.807) is 0 Å². The summed E-state index contributed by atoms with van der Waals surface area (Å²) < 4.78 is 5.37. The normalized spacial score (nSPS) is 17.4. The second-order valence-corrected chi connectivity index (χ2v) is 5.77. The molecule has 2 N–H and O–H groups in total. The third-order valence-corrected chi connectivity index (χ3v) is 3.41. The van der Waals surface area contributed by atoms with Crippen molar-refractivity contribution >= 4 is 5.82 Å². The number of aromatic nitrogens is 2. The minimum atomic E-state index is -0.0381. The molecule has 1 aliphatic heterocycles. The van der Waals surface area contributed by atoms with Gasteiger partial charge in [0.1, 0.15) is 5.82 Å². The molecule has 0 saturated carbocycles. The zero-order valence-corrected chi connectivity index (χ0v) is 12.1. The first kappa shape index (κ1) is 14.2. The Hall–Kier alpha value is -1.20. The number of nitrogens with zero attached hydrogens (tertiary/aromatic N) is 2. The highest BCUT2D eigenvalue weighted by Crippen LogP contribution is 2.25. The summed E-state index contributed by atoms with van der Waals surface area (Å²) in [5, 5.41) is 15.2. The molecular weight excluding hydrogens is 240 g/mol. The summed E-state index contributed by atoms with van der Waals surface area (Å²) in [7, 11) is 1.95. The van der Waals surface area contributed by atoms with Crippen LogP contribution in [0.4, 0.5) is 5.82 Å². The Morgan fingerprint density at radius 2 is 2.00 bits per heavy atom. The van der Waals surface area contributed by atoms with Gasteiger partial charge in [-0.15, -0.1) is 5.10 Å². The Morgan fingerprint density at radius 3 is 2.58 bits per heavy atom. The van der Waals surface area contributed by atoms with Gasteiger partial charge in [0.15, 0.2) is 0 Å². The first-order valence-electron chi connectivity index (χ1n) is 6.95. The lowest BCUT2D eigenvalue weighted by Gasteiger charge is -2.26. The van der Waals surface area contributed by atoms with Crippen LogP contribution in [0, 0.1) is 0 Å². The Morgan fingerprint density at radius 1 is 1.26 bits per heavy atom. The molecule has 0 aliphatic carbocycles. The van der Waals surface area contributed by atoms with Gasteiger partial charge in [-0.25, -0.2) is 0 Å². The lowest BCUT2D eigenvalue weighted by Crippen LogP contribution is -2.41. The molecule has 0 unspecified atom stereocenters. The minimum absolute atomic E-state index is 0.0381. The van der Waals surface area contributed by atoms with Gasteiger partial charge in [0.05, 0.1) is 5.69 Å². The first-order chi connectivity index (χ1) is 9.11. The third-order valence-electron chi connectivity index (χ3n) is 3.41. The average molecular weight is 264 g/mol. The highest BCUT2D eigenvalue weighted by molar-refractivity contribution is 5.36. The standard InChI is InChI=1S/C14H24N4O/c1-14(2,10-15-3)16-13-5-4-12(17-18-13)11-6-8-19-9-7-11/h4-5,11,15H,6-10H2,1-3H3,(H,16,18). The minimum Gasteiger partial charge on any atom is -0.381 e. The van der Waals surface area contributed by atoms with Crippen molar-refractivity contribution in [1.29, 1.82) is 0 Å². The van der Waals surface area contributed by atoms with Gasteiger partial charge in [-0.2, -0.15) is 5.10 Å². The second-order valence-electron chi connectivity index (χ2n) is 5.77. The predicted octanol–water partition coefficient (Wildman–Crippen LogP) is 1.78. The average Bonchev–Trinajstić information content (AvgIpc) is 2.40. The Labute approximate surface area is 115 Å². The molecule has 5 heteroatoms. The van der Waals surface area contributed by atoms with Crippen molar-refractivity contribution in [1.82, 2.24) is 15.5 Å². The molecule has 1 aromatic rings. The largest absolute Gasteiger partial charge is 0.381 e. The number of hydrogen-bond acceptors (Lipinski definition) is 5. The SMILES string of the molecule is CNCC(C)(C)Nc1ccc(C2CCOCC2)nn1. The molecule has 0 bridgehead atoms. The highest BCUT2D eigenvalue weighted by Gasteiger charge is 2.19. The molecule has 19 heavy (non-hydrogen) atoms. The number of nitrogens with one attached hydrogen (secondary N) is 2. The van der Waals surface area contributed by atoms with E-state index in [-0.39, 0.29) is 5.54 Å². The number of hydrogen-bond donors (Lipinski definition) is 2. The molecule has 1 aliphatic rings. The van der Waals surface area contributed by atoms with E-state index in [0.29, 0.717) is 5.92 Å². The molecular formula is C14H24N4O. The lowest BCUT2D eigenvalue weighted by molar-refractivity contribution is 0.0843. The van der Waals surface area contributed by atoms with Crippen molar-refractivity contribution in [2.24, 2.45) is 0 Å². The first-order valence-corrected chi connectivity index (χ1v) is 6.95. The van der Waals surface area contributed by atoms with E-state index < -0.39 is 0 Å². The van der Waals surface area contributed by atoms with E-state index in [2.05, 4.69) is 40.7 Å². The maximum Gasteiger partial charge on any atom is 0.149 e. The second kappa shape index (κ2) is 6.30. The van der Waals surface area contributed by atoms with Crippen molar-refractivity contribution in [3.05, 3.63) is 17.8 Å². The van der Waals surface area contributed by atoms with Crippen LogP contribution in [-0.4, -0.2) is 42.5 Å². The summed E-state index contributed by atoms with van der Waals surface area (Å²) in [6.07, 6.45) is 2.10. The molecule has 0 atom stereocenters. The third kappa shape index (κ3) is 4.14. The summed E-state index contributed by atoms with van der Waals surface area (Å²) in [5.74, 6) is 1.33. The molecule has 2 heterocycles. The molecule has 5 nitrogen and oxygen atoms in total. The van der Waals surface area contributed by atoms with Gasteiger partial charge in [-0.3, -0.25) is 0 Å². The Bertz CT molecular complexity index is 385. The van der Waals surface area contributed by atoms with Gasteiger partial charge in [-0.1, -0.05) is 0 Å². The molecule has 1 saturated heterocycles. The maximum absolute atomic E-state index is 5.37. The van der Waals surface area contributed by atoms with Crippen LogP contribution in [0.3, 0.4) is 0 Å². The smallest absolute Gasteiger partial charge is 0.149 e. The molecule has 2 rings (SSSR count). The van der Waals surface area contributed by atoms with E-state index in [9.17, 15) is 0 Å². The Balaban J connectivity index is 1.97. The molecule has 0 spiro atoms. The predicted molar refractivity (Wildman–Crippen MR) is 76.5 cm³/mol. The molecule has 0 amide bonds. The van der Waals surface area contributed by atoms with Gasteiger partial charge in [0.2, 0.25) is 0 Å². The number of rotatable bonds is 5. The van der Waals surface area contributed by atoms with E-state index in [0.717, 1.165) is 44.1 Å². The summed E-state index contributed by atoms with van der Waals surface area (Å²) >= 11 is 0. The van der Waals surface area contributed by atoms with Crippen LogP contribution in [0.25, 0.3) is 0 Å². The van der Waals surface area contributed by atoms with Crippen LogP contribution in [0.1, 0.15) is 38.3 Å². The number of likely N-dealkylation sites (N-methyl/N-ethyl adjacent to an activating group) is 1. The fourth-order valence-electron chi connectivity index (χ4n) is 2.45. The van der Waals surface area contributed by atoms with E-state index in [1.165, 1.54) is 0 Å². The summed E-state index contributed by atoms with van der Waals surface area (Å²) in [4.78, 5) is 0. The van der Waals surface area contributed by atoms with Crippen LogP contribution in [0.2, 0.25) is 0 Å². The monoisotopic (exact) mass is 264 g/mol. The van der Waals surface area contributed by atoms with Gasteiger partial charge in [0, 0.05) is 31.2 Å². The van der Waals surface area contributed by atoms with E-state index >= 15 is 0 Å². The quantitative estimate of drug-likeness (QED) is 0.849. The van der Waals surface area contributed by atoms with Crippen molar-refractivity contribution in [2.45, 2.75) is 38.1 Å². The van der Waals surface area contributed by atoms with E-state index in [4.69, 9.17) is 4.74 Å². The Kier molecular flexibility index (Phi) is 4.71. The topological polar surface area (TPSA) is 59.1 Å². The molecule has 1 aromatic heterocycles. The molecule has 1 fully saturated rings. The van der Waals surface area contributed by atoms with Gasteiger partial charge >= 0.3 is 0 Å². The number of ether oxygens (including phenoxy) is 1. The van der Waals surface area contributed by atoms with Crippen molar-refractivity contribution in [3.63, 3.8) is 0 Å². The van der Waals surface area contributed by atoms with Crippen LogP contribution in [0.5, 0.6) is 0 Å². The summed E-state index contributed by atoms with van der Waals surface area (Å²) in [6.45, 7) is 6.81. The highest BCUT2D eigenvalue weighted by atomic mass is 16.5. The van der Waals surface area contributed by atoms with Gasteiger partial charge < -0.3 is 15.4 Å². The molecule has 106 valence electrons. The van der Waals surface area contributed by atoms with Gasteiger partial charge in [-0.05, 0) is 45.9 Å². The van der Waals surface area contributed by atoms with Crippen LogP contribution in [-0.2, 0) is 4.74 Å².